The van der Waals surface area contributed by atoms with Crippen LogP contribution in [0.4, 0.5) is 5.13 Å². The Hall–Kier alpha value is -3.40. The lowest BCUT2D eigenvalue weighted by Crippen LogP contribution is -2.73. The fourth-order valence-electron chi connectivity index (χ4n) is 3.30. The smallest absolute Gasteiger partial charge is 0.371 e. The number of carbonyl (C=O) groups is 5. The number of β-lactam (4-membered cyclic amide) rings is 1. The molecule has 2 amide bonds. The van der Waals surface area contributed by atoms with Gasteiger partial charge in [-0.3, -0.25) is 19.3 Å². The summed E-state index contributed by atoms with van der Waals surface area (Å²) in [6.45, 7) is -0.670. The molecule has 3 saturated heterocycles. The molecule has 14 nitrogen and oxygen atoms in total. The van der Waals surface area contributed by atoms with E-state index in [1.165, 1.54) is 22.0 Å². The number of fused-ring (bicyclic) bond motifs is 3. The van der Waals surface area contributed by atoms with E-state index < -0.39 is 41.4 Å². The van der Waals surface area contributed by atoms with E-state index in [1.54, 1.807) is 0 Å². The number of carboxylic acid groups (broad SMARTS) is 2. The molecule has 3 atom stereocenters. The lowest BCUT2D eigenvalue weighted by molar-refractivity contribution is -0.209. The van der Waals surface area contributed by atoms with Crippen LogP contribution in [0.15, 0.2) is 10.5 Å². The second-order valence-electron chi connectivity index (χ2n) is 6.67. The first-order chi connectivity index (χ1) is 15.1. The summed E-state index contributed by atoms with van der Waals surface area (Å²) >= 11 is 2.51. The number of nitrogens with zero attached hydrogens (tertiary/aromatic N) is 3. The van der Waals surface area contributed by atoms with Gasteiger partial charge in [0.05, 0.1) is 17.7 Å². The van der Waals surface area contributed by atoms with E-state index in [4.69, 9.17) is 21.3 Å². The summed E-state index contributed by atoms with van der Waals surface area (Å²) < 4.78 is 4.96. The average Bonchev–Trinajstić information content (AvgIpc) is 3.26. The average molecular weight is 487 g/mol. The van der Waals surface area contributed by atoms with Crippen LogP contribution in [-0.2, 0) is 33.5 Å². The molecule has 0 saturated carbocycles. The molecule has 3 aliphatic heterocycles. The van der Waals surface area contributed by atoms with Crippen LogP contribution in [-0.4, -0.2) is 84.9 Å². The van der Waals surface area contributed by atoms with E-state index in [9.17, 15) is 29.1 Å². The summed E-state index contributed by atoms with van der Waals surface area (Å²) in [4.78, 5) is 64.6. The van der Waals surface area contributed by atoms with E-state index in [2.05, 4.69) is 15.0 Å². The third kappa shape index (κ3) is 4.31. The van der Waals surface area contributed by atoms with Crippen molar-refractivity contribution in [2.75, 3.05) is 18.1 Å². The second-order valence-corrected chi connectivity index (χ2v) is 8.79. The molecule has 4 heterocycles. The number of hydrogen-bond acceptors (Lipinski definition) is 12. The molecule has 16 heteroatoms. The number of carboxylic acids is 2. The maximum absolute atomic E-state index is 11.5. The zero-order valence-corrected chi connectivity index (χ0v) is 17.8. The number of amides is 2. The van der Waals surface area contributed by atoms with E-state index in [0.717, 1.165) is 11.3 Å². The predicted molar refractivity (Wildman–Crippen MR) is 108 cm³/mol. The van der Waals surface area contributed by atoms with Gasteiger partial charge in [0, 0.05) is 17.6 Å². The third-order valence-electron chi connectivity index (χ3n) is 4.60. The van der Waals surface area contributed by atoms with Gasteiger partial charge in [0.1, 0.15) is 5.69 Å². The number of primary amides is 1. The van der Waals surface area contributed by atoms with Crippen molar-refractivity contribution < 1.29 is 43.8 Å². The Morgan fingerprint density at radius 1 is 1.34 bits per heavy atom. The highest BCUT2D eigenvalue weighted by Gasteiger charge is 2.68. The van der Waals surface area contributed by atoms with E-state index >= 15 is 0 Å². The van der Waals surface area contributed by atoms with Crippen LogP contribution in [0.25, 0.3) is 0 Å². The summed E-state index contributed by atoms with van der Waals surface area (Å²) in [5, 5.41) is 22.1. The molecule has 0 aromatic carbocycles. The first-order valence-electron chi connectivity index (χ1n) is 8.88. The molecule has 6 N–H and O–H groups in total. The zero-order chi connectivity index (χ0) is 23.6. The van der Waals surface area contributed by atoms with E-state index in [0.29, 0.717) is 12.2 Å². The number of anilines is 1. The number of carbonyl (C=O) groups excluding carboxylic acids is 3. The molecule has 172 valence electrons. The molecule has 0 radical (unpaired) electrons. The molecule has 3 aliphatic rings. The van der Waals surface area contributed by atoms with Gasteiger partial charge >= 0.3 is 17.9 Å². The first kappa shape index (κ1) is 23.3. The molecule has 1 aromatic heterocycles. The zero-order valence-electron chi connectivity index (χ0n) is 16.1. The van der Waals surface area contributed by atoms with Crippen molar-refractivity contribution in [2.24, 2.45) is 10.9 Å². The Balaban J connectivity index is 0.000000181. The number of thiazole rings is 1. The number of oxime groups is 1. The van der Waals surface area contributed by atoms with Gasteiger partial charge in [-0.2, -0.15) is 0 Å². The number of ether oxygens (including phenoxy) is 1. The Morgan fingerprint density at radius 3 is 2.59 bits per heavy atom. The van der Waals surface area contributed by atoms with E-state index in [-0.39, 0.29) is 34.9 Å². The van der Waals surface area contributed by atoms with Crippen molar-refractivity contribution in [3.63, 3.8) is 0 Å². The number of nitrogens with two attached hydrogens (primary N) is 2. The molecular formula is C16H17N5O9S2. The van der Waals surface area contributed by atoms with Gasteiger partial charge in [-0.25, -0.2) is 14.6 Å². The Labute approximate surface area is 187 Å². The molecule has 32 heavy (non-hydrogen) atoms. The van der Waals surface area contributed by atoms with Crippen molar-refractivity contribution in [3.8, 4) is 0 Å². The van der Waals surface area contributed by atoms with Gasteiger partial charge in [0.2, 0.25) is 12.5 Å². The second kappa shape index (κ2) is 8.99. The maximum Gasteiger partial charge on any atom is 0.371 e. The minimum absolute atomic E-state index is 0.0630. The molecule has 4 rings (SSSR count). The van der Waals surface area contributed by atoms with Crippen LogP contribution >= 0.6 is 23.1 Å². The van der Waals surface area contributed by atoms with Crippen molar-refractivity contribution in [2.45, 2.75) is 29.9 Å². The number of rotatable bonds is 6. The minimum Gasteiger partial charge on any atom is -0.479 e. The fraction of sp³-hybridized carbons (Fsp3) is 0.438. The number of thioether (sulfide) groups is 1. The lowest BCUT2D eigenvalue weighted by Gasteiger charge is -2.53. The quantitative estimate of drug-likeness (QED) is 0.155. The normalized spacial score (nSPS) is 26.0. The molecule has 3 unspecified atom stereocenters. The first-order valence-corrected chi connectivity index (χ1v) is 10.8. The summed E-state index contributed by atoms with van der Waals surface area (Å²) in [5.41, 5.74) is 8.53. The Bertz CT molecular complexity index is 1010. The molecule has 0 spiro atoms. The van der Waals surface area contributed by atoms with Crippen molar-refractivity contribution in [1.29, 1.82) is 0 Å². The van der Waals surface area contributed by atoms with Crippen LogP contribution in [0.5, 0.6) is 0 Å². The number of aliphatic carboxylic acids is 2. The number of esters is 1. The van der Waals surface area contributed by atoms with Crippen LogP contribution in [0, 0.1) is 0 Å². The van der Waals surface area contributed by atoms with Gasteiger partial charge in [-0.05, 0) is 0 Å². The van der Waals surface area contributed by atoms with Crippen LogP contribution < -0.4 is 11.5 Å². The maximum atomic E-state index is 11.5. The van der Waals surface area contributed by atoms with Crippen LogP contribution in [0.1, 0.15) is 18.5 Å². The largest absolute Gasteiger partial charge is 0.479 e. The Kier molecular flexibility index (Phi) is 6.54. The fourth-order valence-corrected chi connectivity index (χ4v) is 5.31. The van der Waals surface area contributed by atoms with Gasteiger partial charge in [0.25, 0.3) is 11.6 Å². The number of nitrogen functional groups attached to an aromatic ring is 1. The summed E-state index contributed by atoms with van der Waals surface area (Å²) in [6.07, 6.45) is 0.416. The van der Waals surface area contributed by atoms with E-state index in [1.807, 2.05) is 0 Å². The monoisotopic (exact) mass is 487 g/mol. The molecule has 1 aromatic rings. The highest BCUT2D eigenvalue weighted by atomic mass is 32.2. The van der Waals surface area contributed by atoms with Crippen molar-refractivity contribution >= 4 is 63.7 Å². The molecule has 3 fully saturated rings. The third-order valence-corrected chi connectivity index (χ3v) is 6.74. The van der Waals surface area contributed by atoms with Crippen LogP contribution in [0.3, 0.4) is 0 Å². The van der Waals surface area contributed by atoms with Gasteiger partial charge in [0.15, 0.2) is 10.8 Å². The van der Waals surface area contributed by atoms with Crippen molar-refractivity contribution in [1.82, 2.24) is 9.88 Å². The van der Waals surface area contributed by atoms with Crippen molar-refractivity contribution in [3.05, 3.63) is 11.1 Å². The summed E-state index contributed by atoms with van der Waals surface area (Å²) in [7, 11) is 0. The highest BCUT2D eigenvalue weighted by molar-refractivity contribution is 8.00. The summed E-state index contributed by atoms with van der Waals surface area (Å²) in [6, 6.07) is -0.101. The number of aromatic nitrogens is 1. The van der Waals surface area contributed by atoms with Crippen LogP contribution in [0.2, 0.25) is 0 Å². The summed E-state index contributed by atoms with van der Waals surface area (Å²) in [5.74, 6) is -3.44. The standard InChI is InChI=1S/C9H9NO5S.C7H8N4O4S/c11-6-1-4-3-16-5-2-7(12)15-9(5,8(13)14)10(4)6;8-6(14)5(11-15-1-4(12)13)3-2-16-7(9)10-3/h4-5H,1-3H2,(H,13,14);2H,1H2,(H2,8,14)(H2,9,10)(H,12,13)/b;11-5+. The van der Waals surface area contributed by atoms with Gasteiger partial charge < -0.3 is 31.3 Å². The lowest BCUT2D eigenvalue weighted by atomic mass is 9.94. The topological polar surface area (TPSA) is 225 Å². The highest BCUT2D eigenvalue weighted by Crippen LogP contribution is 2.48. The number of hydrogen-bond donors (Lipinski definition) is 4. The predicted octanol–water partition coefficient (Wildman–Crippen LogP) is -1.55. The van der Waals surface area contributed by atoms with Gasteiger partial charge in [-0.1, -0.05) is 5.16 Å². The molecule has 0 bridgehead atoms. The van der Waals surface area contributed by atoms with Gasteiger partial charge in [-0.15, -0.1) is 23.1 Å². The Morgan fingerprint density at radius 2 is 2.06 bits per heavy atom. The molecule has 0 aliphatic carbocycles. The SMILES string of the molecule is NC(=O)/C(=N/OCC(=O)O)c1csc(N)n1.O=C1CC2SCC3CC(=O)N3C2(C(=O)O)O1. The minimum atomic E-state index is -1.74. The molecular weight excluding hydrogens is 470 g/mol.